The zero-order valence-corrected chi connectivity index (χ0v) is 6.61. The molecule has 0 N–H and O–H groups in total. The molecule has 0 bridgehead atoms. The Labute approximate surface area is 73.6 Å². The second-order valence-corrected chi connectivity index (χ2v) is 2.54. The van der Waals surface area contributed by atoms with E-state index in [9.17, 15) is 9.59 Å². The maximum atomic E-state index is 10.6. The minimum Gasteiger partial charge on any atom is -0.458 e. The maximum absolute atomic E-state index is 10.6. The molecule has 0 radical (unpaired) electrons. The summed E-state index contributed by atoms with van der Waals surface area (Å²) in [5.74, 6) is -0.0641. The molecule has 0 saturated carbocycles. The Morgan fingerprint density at radius 1 is 1.00 bits per heavy atom. The Kier molecular flexibility index (Phi) is 1.77. The van der Waals surface area contributed by atoms with Crippen molar-refractivity contribution in [1.29, 1.82) is 0 Å². The molecule has 0 saturated heterocycles. The molecule has 0 aliphatic carbocycles. The highest BCUT2D eigenvalue weighted by molar-refractivity contribution is 5.85. The Morgan fingerprint density at radius 2 is 1.46 bits per heavy atom. The van der Waals surface area contributed by atoms with Gasteiger partial charge in [-0.1, -0.05) is 0 Å². The van der Waals surface area contributed by atoms with Crippen LogP contribution in [0.25, 0.3) is 0 Å². The first-order valence-corrected chi connectivity index (χ1v) is 3.66. The molecule has 0 aromatic heterocycles. The second-order valence-electron chi connectivity index (χ2n) is 2.54. The Hall–Kier alpha value is -1.78. The summed E-state index contributed by atoms with van der Waals surface area (Å²) >= 11 is 0. The molecule has 2 heterocycles. The molecule has 2 aliphatic heterocycles. The average molecular weight is 182 g/mol. The molecule has 0 fully saturated rings. The third-order valence-electron chi connectivity index (χ3n) is 1.53. The summed E-state index contributed by atoms with van der Waals surface area (Å²) in [4.78, 5) is 21.2. The molecule has 0 atom stereocenters. The molecule has 0 aromatic carbocycles. The van der Waals surface area contributed by atoms with Crippen molar-refractivity contribution in [3.05, 3.63) is 23.7 Å². The second kappa shape index (κ2) is 2.93. The lowest BCUT2D eigenvalue weighted by molar-refractivity contribution is -0.135. The van der Waals surface area contributed by atoms with Crippen molar-refractivity contribution in [1.82, 2.24) is 0 Å². The number of hydrogen-bond donors (Lipinski definition) is 0. The number of ether oxygens (including phenoxy) is 3. The number of carbonyl (C=O) groups excluding carboxylic acids is 2. The van der Waals surface area contributed by atoms with Gasteiger partial charge in [-0.3, -0.25) is 0 Å². The molecular weight excluding hydrogens is 176 g/mol. The minimum absolute atomic E-state index is 0.115. The summed E-state index contributed by atoms with van der Waals surface area (Å²) < 4.78 is 14.3. The lowest BCUT2D eigenvalue weighted by Crippen LogP contribution is -1.97. The normalized spacial score (nSPS) is 20.6. The molecular formula is C8H6O5. The SMILES string of the molecule is O=C1C=C(OC2=CC(=O)OC2)CO1. The molecule has 5 nitrogen and oxygen atoms in total. The predicted molar refractivity (Wildman–Crippen MR) is 39.2 cm³/mol. The molecule has 0 unspecified atom stereocenters. The van der Waals surface area contributed by atoms with E-state index in [2.05, 4.69) is 9.47 Å². The molecule has 5 heteroatoms. The van der Waals surface area contributed by atoms with Gasteiger partial charge >= 0.3 is 11.9 Å². The summed E-state index contributed by atoms with van der Waals surface area (Å²) in [7, 11) is 0. The van der Waals surface area contributed by atoms with Crippen molar-refractivity contribution < 1.29 is 23.8 Å². The van der Waals surface area contributed by atoms with Gasteiger partial charge in [-0.15, -0.1) is 0 Å². The molecule has 0 aromatic rings. The lowest BCUT2D eigenvalue weighted by Gasteiger charge is -2.02. The Bertz CT molecular complexity index is 293. The molecule has 2 aliphatic rings. The van der Waals surface area contributed by atoms with Gasteiger partial charge < -0.3 is 14.2 Å². The van der Waals surface area contributed by atoms with Crippen LogP contribution >= 0.6 is 0 Å². The van der Waals surface area contributed by atoms with Crippen molar-refractivity contribution in [2.24, 2.45) is 0 Å². The number of hydrogen-bond acceptors (Lipinski definition) is 5. The van der Waals surface area contributed by atoms with Crippen molar-refractivity contribution in [3.8, 4) is 0 Å². The van der Waals surface area contributed by atoms with Gasteiger partial charge in [0.1, 0.15) is 24.7 Å². The van der Waals surface area contributed by atoms with Gasteiger partial charge in [-0.25, -0.2) is 9.59 Å². The van der Waals surface area contributed by atoms with Gasteiger partial charge in [-0.05, 0) is 0 Å². The highest BCUT2D eigenvalue weighted by Crippen LogP contribution is 2.15. The predicted octanol–water partition coefficient (Wildman–Crippen LogP) is -0.116. The maximum Gasteiger partial charge on any atom is 0.334 e. The van der Waals surface area contributed by atoms with E-state index in [4.69, 9.17) is 4.74 Å². The van der Waals surface area contributed by atoms with Crippen LogP contribution < -0.4 is 0 Å². The smallest absolute Gasteiger partial charge is 0.334 e. The standard InChI is InChI=1S/C8H6O5/c9-7-1-5(3-11-7)13-6-2-8(10)12-4-6/h1-2H,3-4H2. The van der Waals surface area contributed by atoms with Gasteiger partial charge in [0.25, 0.3) is 0 Å². The Morgan fingerprint density at radius 3 is 1.77 bits per heavy atom. The van der Waals surface area contributed by atoms with E-state index in [1.165, 1.54) is 12.2 Å². The summed E-state index contributed by atoms with van der Waals surface area (Å²) in [6, 6.07) is 0. The van der Waals surface area contributed by atoms with E-state index in [0.717, 1.165) is 0 Å². The van der Waals surface area contributed by atoms with E-state index in [1.54, 1.807) is 0 Å². The van der Waals surface area contributed by atoms with Crippen LogP contribution in [0.2, 0.25) is 0 Å². The fraction of sp³-hybridized carbons (Fsp3) is 0.250. The first-order chi connectivity index (χ1) is 6.24. The van der Waals surface area contributed by atoms with Crippen LogP contribution in [0.4, 0.5) is 0 Å². The summed E-state index contributed by atoms with van der Waals surface area (Å²) in [5.41, 5.74) is 0. The molecule has 0 amide bonds. The van der Waals surface area contributed by atoms with Gasteiger partial charge in [0.15, 0.2) is 0 Å². The number of carbonyl (C=O) groups is 2. The zero-order chi connectivity index (χ0) is 9.26. The highest BCUT2D eigenvalue weighted by Gasteiger charge is 2.20. The number of cyclic esters (lactones) is 2. The van der Waals surface area contributed by atoms with E-state index in [-0.39, 0.29) is 13.2 Å². The van der Waals surface area contributed by atoms with Crippen molar-refractivity contribution >= 4 is 11.9 Å². The zero-order valence-electron chi connectivity index (χ0n) is 6.61. The average Bonchev–Trinajstić information content (AvgIpc) is 2.62. The summed E-state index contributed by atoms with van der Waals surface area (Å²) in [6.45, 7) is 0.231. The van der Waals surface area contributed by atoms with Crippen molar-refractivity contribution in [2.75, 3.05) is 13.2 Å². The quantitative estimate of drug-likeness (QED) is 0.557. The van der Waals surface area contributed by atoms with E-state index in [1.807, 2.05) is 0 Å². The van der Waals surface area contributed by atoms with Crippen LogP contribution in [-0.4, -0.2) is 25.2 Å². The fourth-order valence-corrected chi connectivity index (χ4v) is 1.00. The largest absolute Gasteiger partial charge is 0.458 e. The van der Waals surface area contributed by atoms with Gasteiger partial charge in [-0.2, -0.15) is 0 Å². The van der Waals surface area contributed by atoms with Crippen LogP contribution in [0.1, 0.15) is 0 Å². The van der Waals surface area contributed by atoms with Crippen LogP contribution in [0, 0.1) is 0 Å². The van der Waals surface area contributed by atoms with Gasteiger partial charge in [0, 0.05) is 0 Å². The fourth-order valence-electron chi connectivity index (χ4n) is 1.00. The minimum atomic E-state index is -0.430. The molecule has 13 heavy (non-hydrogen) atoms. The number of esters is 2. The molecule has 2 rings (SSSR count). The topological polar surface area (TPSA) is 61.8 Å². The van der Waals surface area contributed by atoms with Crippen molar-refractivity contribution in [3.63, 3.8) is 0 Å². The first-order valence-electron chi connectivity index (χ1n) is 3.66. The first kappa shape index (κ1) is 7.85. The van der Waals surface area contributed by atoms with E-state index < -0.39 is 11.9 Å². The molecule has 68 valence electrons. The van der Waals surface area contributed by atoms with Gasteiger partial charge in [0.2, 0.25) is 0 Å². The lowest BCUT2D eigenvalue weighted by atomic mass is 10.4. The number of rotatable bonds is 2. The van der Waals surface area contributed by atoms with E-state index >= 15 is 0 Å². The van der Waals surface area contributed by atoms with Crippen molar-refractivity contribution in [2.45, 2.75) is 0 Å². The monoisotopic (exact) mass is 182 g/mol. The van der Waals surface area contributed by atoms with Crippen LogP contribution in [0.15, 0.2) is 23.7 Å². The van der Waals surface area contributed by atoms with Gasteiger partial charge in [0.05, 0.1) is 12.2 Å². The Balaban J connectivity index is 1.99. The third-order valence-corrected chi connectivity index (χ3v) is 1.53. The molecule has 0 spiro atoms. The van der Waals surface area contributed by atoms with Crippen LogP contribution in [0.5, 0.6) is 0 Å². The summed E-state index contributed by atoms with van der Waals surface area (Å²) in [5, 5.41) is 0. The van der Waals surface area contributed by atoms with E-state index in [0.29, 0.717) is 11.5 Å². The summed E-state index contributed by atoms with van der Waals surface area (Å²) in [6.07, 6.45) is 2.48. The van der Waals surface area contributed by atoms with Crippen LogP contribution in [-0.2, 0) is 23.8 Å². The third kappa shape index (κ3) is 1.69. The van der Waals surface area contributed by atoms with Crippen LogP contribution in [0.3, 0.4) is 0 Å². The highest BCUT2D eigenvalue weighted by atomic mass is 16.6.